The molecule has 0 unspecified atom stereocenters. The van der Waals surface area contributed by atoms with Gasteiger partial charge in [-0.25, -0.2) is 4.98 Å². The first-order valence-electron chi connectivity index (χ1n) is 3.37. The van der Waals surface area contributed by atoms with Gasteiger partial charge in [0.2, 0.25) is 0 Å². The number of thiazole rings is 1. The second-order valence-electron chi connectivity index (χ2n) is 2.54. The van der Waals surface area contributed by atoms with E-state index < -0.39 is 0 Å². The standard InChI is InChI=1S/C8H8N2S/c1-5-2-6(9)3-7-8(5)10-4-11-7/h2-4H,9H2,1H3. The second kappa shape index (κ2) is 2.20. The first-order chi connectivity index (χ1) is 5.27. The van der Waals surface area contributed by atoms with E-state index >= 15 is 0 Å². The van der Waals surface area contributed by atoms with Gasteiger partial charge in [0.15, 0.2) is 0 Å². The molecule has 0 bridgehead atoms. The van der Waals surface area contributed by atoms with Gasteiger partial charge in [-0.2, -0.15) is 0 Å². The number of aromatic nitrogens is 1. The third-order valence-electron chi connectivity index (χ3n) is 1.65. The summed E-state index contributed by atoms with van der Waals surface area (Å²) in [6.07, 6.45) is 0. The Balaban J connectivity index is 2.91. The molecular weight excluding hydrogens is 156 g/mol. The highest BCUT2D eigenvalue weighted by Crippen LogP contribution is 2.23. The van der Waals surface area contributed by atoms with Crippen LogP contribution in [0.15, 0.2) is 17.6 Å². The normalized spacial score (nSPS) is 10.6. The van der Waals surface area contributed by atoms with Crippen LogP contribution < -0.4 is 5.73 Å². The van der Waals surface area contributed by atoms with Crippen molar-refractivity contribution in [1.29, 1.82) is 0 Å². The SMILES string of the molecule is Cc1cc(N)cc2scnc12. The molecular formula is C8H8N2S. The van der Waals surface area contributed by atoms with Crippen LogP contribution in [-0.4, -0.2) is 4.98 Å². The van der Waals surface area contributed by atoms with Crippen molar-refractivity contribution in [3.05, 3.63) is 23.2 Å². The molecule has 2 aromatic rings. The average Bonchev–Trinajstić information content (AvgIpc) is 2.34. The van der Waals surface area contributed by atoms with E-state index in [9.17, 15) is 0 Å². The van der Waals surface area contributed by atoms with Crippen molar-refractivity contribution >= 4 is 27.2 Å². The van der Waals surface area contributed by atoms with E-state index in [1.165, 1.54) is 4.70 Å². The van der Waals surface area contributed by atoms with Crippen molar-refractivity contribution in [3.63, 3.8) is 0 Å². The zero-order valence-electron chi connectivity index (χ0n) is 6.16. The predicted octanol–water partition coefficient (Wildman–Crippen LogP) is 2.19. The number of nitrogens with zero attached hydrogens (tertiary/aromatic N) is 1. The minimum absolute atomic E-state index is 0.819. The fraction of sp³-hybridized carbons (Fsp3) is 0.125. The fourth-order valence-corrected chi connectivity index (χ4v) is 1.97. The summed E-state index contributed by atoms with van der Waals surface area (Å²) >= 11 is 1.62. The van der Waals surface area contributed by atoms with Crippen LogP contribution in [0, 0.1) is 6.92 Å². The molecule has 0 atom stereocenters. The lowest BCUT2D eigenvalue weighted by atomic mass is 10.2. The Hall–Kier alpha value is -1.09. The van der Waals surface area contributed by atoms with Crippen molar-refractivity contribution in [2.24, 2.45) is 0 Å². The molecule has 1 heterocycles. The molecule has 0 aliphatic rings. The van der Waals surface area contributed by atoms with Gasteiger partial charge in [-0.1, -0.05) is 0 Å². The zero-order valence-corrected chi connectivity index (χ0v) is 6.98. The molecule has 56 valence electrons. The minimum Gasteiger partial charge on any atom is -0.399 e. The number of benzene rings is 1. The van der Waals surface area contributed by atoms with E-state index in [2.05, 4.69) is 4.98 Å². The van der Waals surface area contributed by atoms with Crippen LogP contribution in [0.1, 0.15) is 5.56 Å². The van der Waals surface area contributed by atoms with Crippen LogP contribution in [0.4, 0.5) is 5.69 Å². The number of nitrogen functional groups attached to an aromatic ring is 1. The van der Waals surface area contributed by atoms with Gasteiger partial charge in [0.25, 0.3) is 0 Å². The van der Waals surface area contributed by atoms with Crippen molar-refractivity contribution in [1.82, 2.24) is 4.98 Å². The van der Waals surface area contributed by atoms with Crippen molar-refractivity contribution in [2.45, 2.75) is 6.92 Å². The molecule has 0 spiro atoms. The molecule has 0 aliphatic carbocycles. The van der Waals surface area contributed by atoms with Crippen LogP contribution in [0.5, 0.6) is 0 Å². The van der Waals surface area contributed by atoms with Gasteiger partial charge in [0, 0.05) is 5.69 Å². The number of anilines is 1. The number of fused-ring (bicyclic) bond motifs is 1. The smallest absolute Gasteiger partial charge is 0.0842 e. The summed E-state index contributed by atoms with van der Waals surface area (Å²) in [6, 6.07) is 3.90. The topological polar surface area (TPSA) is 38.9 Å². The lowest BCUT2D eigenvalue weighted by molar-refractivity contribution is 1.43. The molecule has 2 rings (SSSR count). The molecule has 0 aliphatic heterocycles. The number of hydrogen-bond acceptors (Lipinski definition) is 3. The van der Waals surface area contributed by atoms with E-state index in [4.69, 9.17) is 5.73 Å². The van der Waals surface area contributed by atoms with Gasteiger partial charge in [0.1, 0.15) is 0 Å². The molecule has 3 heteroatoms. The summed E-state index contributed by atoms with van der Waals surface area (Å²) in [5.74, 6) is 0. The quantitative estimate of drug-likeness (QED) is 0.606. The van der Waals surface area contributed by atoms with Gasteiger partial charge in [-0.05, 0) is 24.6 Å². The second-order valence-corrected chi connectivity index (χ2v) is 3.42. The highest BCUT2D eigenvalue weighted by Gasteiger charge is 2.00. The molecule has 1 aromatic carbocycles. The highest BCUT2D eigenvalue weighted by molar-refractivity contribution is 7.16. The first kappa shape index (κ1) is 6.61. The molecule has 0 saturated heterocycles. The predicted molar refractivity (Wildman–Crippen MR) is 48.8 cm³/mol. The number of rotatable bonds is 0. The third-order valence-corrected chi connectivity index (χ3v) is 2.43. The van der Waals surface area contributed by atoms with Crippen molar-refractivity contribution in [3.8, 4) is 0 Å². The van der Waals surface area contributed by atoms with Crippen molar-refractivity contribution < 1.29 is 0 Å². The van der Waals surface area contributed by atoms with Crippen LogP contribution >= 0.6 is 11.3 Å². The lowest BCUT2D eigenvalue weighted by Crippen LogP contribution is -1.85. The number of nitrogens with two attached hydrogens (primary N) is 1. The van der Waals surface area contributed by atoms with E-state index in [0.29, 0.717) is 0 Å². The number of aryl methyl sites for hydroxylation is 1. The zero-order chi connectivity index (χ0) is 7.84. The Morgan fingerprint density at radius 2 is 2.27 bits per heavy atom. The van der Waals surface area contributed by atoms with Gasteiger partial charge >= 0.3 is 0 Å². The summed E-state index contributed by atoms with van der Waals surface area (Å²) in [7, 11) is 0. The monoisotopic (exact) mass is 164 g/mol. The Morgan fingerprint density at radius 1 is 1.45 bits per heavy atom. The van der Waals surface area contributed by atoms with E-state index in [-0.39, 0.29) is 0 Å². The molecule has 0 fully saturated rings. The summed E-state index contributed by atoms with van der Waals surface area (Å²) in [4.78, 5) is 4.22. The van der Waals surface area contributed by atoms with E-state index in [1.807, 2.05) is 24.6 Å². The summed E-state index contributed by atoms with van der Waals surface area (Å²) in [6.45, 7) is 2.03. The maximum atomic E-state index is 5.66. The van der Waals surface area contributed by atoms with Crippen LogP contribution in [0.3, 0.4) is 0 Å². The lowest BCUT2D eigenvalue weighted by Gasteiger charge is -1.95. The van der Waals surface area contributed by atoms with Crippen molar-refractivity contribution in [2.75, 3.05) is 5.73 Å². The van der Waals surface area contributed by atoms with Gasteiger partial charge in [0.05, 0.1) is 15.7 Å². The maximum absolute atomic E-state index is 5.66. The van der Waals surface area contributed by atoms with Crippen LogP contribution in [-0.2, 0) is 0 Å². The fourth-order valence-electron chi connectivity index (χ4n) is 1.17. The number of hydrogen-bond donors (Lipinski definition) is 1. The molecule has 0 radical (unpaired) electrons. The average molecular weight is 164 g/mol. The molecule has 11 heavy (non-hydrogen) atoms. The Kier molecular flexibility index (Phi) is 1.32. The van der Waals surface area contributed by atoms with E-state index in [0.717, 1.165) is 16.8 Å². The summed E-state index contributed by atoms with van der Waals surface area (Å²) in [5.41, 5.74) is 10.6. The third kappa shape index (κ3) is 0.973. The molecule has 1 aromatic heterocycles. The molecule has 0 saturated carbocycles. The largest absolute Gasteiger partial charge is 0.399 e. The summed E-state index contributed by atoms with van der Waals surface area (Å²) in [5, 5.41) is 0. The van der Waals surface area contributed by atoms with Gasteiger partial charge in [-0.3, -0.25) is 0 Å². The Morgan fingerprint density at radius 3 is 3.09 bits per heavy atom. The Labute approximate surface area is 68.7 Å². The first-order valence-corrected chi connectivity index (χ1v) is 4.24. The van der Waals surface area contributed by atoms with Gasteiger partial charge in [-0.15, -0.1) is 11.3 Å². The molecule has 0 amide bonds. The highest BCUT2D eigenvalue weighted by atomic mass is 32.1. The Bertz CT molecular complexity index is 392. The van der Waals surface area contributed by atoms with E-state index in [1.54, 1.807) is 11.3 Å². The molecule has 2 nitrogen and oxygen atoms in total. The maximum Gasteiger partial charge on any atom is 0.0842 e. The summed E-state index contributed by atoms with van der Waals surface area (Å²) < 4.78 is 1.17. The van der Waals surface area contributed by atoms with Crippen LogP contribution in [0.25, 0.3) is 10.2 Å². The molecule has 2 N–H and O–H groups in total. The minimum atomic E-state index is 0.819. The van der Waals surface area contributed by atoms with Gasteiger partial charge < -0.3 is 5.73 Å². The van der Waals surface area contributed by atoms with Crippen LogP contribution in [0.2, 0.25) is 0 Å².